The molecule has 4 N–H and O–H groups in total. The van der Waals surface area contributed by atoms with E-state index in [1.807, 2.05) is 24.3 Å². The highest BCUT2D eigenvalue weighted by atomic mass is 19.1. The number of halogens is 1. The largest absolute Gasteiger partial charge is 0.365 e. The van der Waals surface area contributed by atoms with E-state index in [2.05, 4.69) is 25.7 Å². The van der Waals surface area contributed by atoms with Crippen LogP contribution in [0.15, 0.2) is 48.7 Å². The van der Waals surface area contributed by atoms with Gasteiger partial charge in [-0.1, -0.05) is 18.2 Å². The molecule has 0 atom stereocenters. The van der Waals surface area contributed by atoms with Gasteiger partial charge in [-0.2, -0.15) is 5.10 Å². The average Bonchev–Trinajstić information content (AvgIpc) is 3.08. The normalized spacial score (nSPS) is 12.2. The monoisotopic (exact) mass is 471 g/mol. The quantitative estimate of drug-likeness (QED) is 0.416. The van der Waals surface area contributed by atoms with Crippen LogP contribution in [-0.2, 0) is 13.0 Å². The van der Waals surface area contributed by atoms with Gasteiger partial charge < -0.3 is 11.1 Å². The number of aryl methyl sites for hydroxylation is 3. The van der Waals surface area contributed by atoms with E-state index in [9.17, 15) is 9.59 Å². The van der Waals surface area contributed by atoms with Crippen molar-refractivity contribution in [3.8, 4) is 11.3 Å². The Balaban J connectivity index is 1.54. The molecule has 0 fully saturated rings. The molecule has 2 aromatic carbocycles. The lowest BCUT2D eigenvalue weighted by Crippen LogP contribution is -2.17. The van der Waals surface area contributed by atoms with Crippen LogP contribution in [0.4, 0.5) is 21.8 Å². The molecule has 0 bridgehead atoms. The molecule has 9 nitrogen and oxygen atoms in total. The number of nitrogens with one attached hydrogen (secondary N) is 2. The van der Waals surface area contributed by atoms with Crippen LogP contribution < -0.4 is 16.4 Å². The Bertz CT molecular complexity index is 1500. The molecule has 0 saturated carbocycles. The zero-order valence-electron chi connectivity index (χ0n) is 19.1. The summed E-state index contributed by atoms with van der Waals surface area (Å²) >= 11 is 0. The fourth-order valence-corrected chi connectivity index (χ4v) is 4.18. The number of rotatable bonds is 4. The van der Waals surface area contributed by atoms with Gasteiger partial charge in [-0.15, -0.1) is 0 Å². The van der Waals surface area contributed by atoms with Crippen LogP contribution in [0, 0.1) is 19.7 Å². The molecule has 10 heteroatoms. The summed E-state index contributed by atoms with van der Waals surface area (Å²) in [6.07, 6.45) is 2.20. The summed E-state index contributed by atoms with van der Waals surface area (Å²) in [7, 11) is 0. The highest BCUT2D eigenvalue weighted by molar-refractivity contribution is 6.06. The van der Waals surface area contributed by atoms with Crippen molar-refractivity contribution in [2.75, 3.05) is 10.6 Å². The van der Waals surface area contributed by atoms with Crippen LogP contribution in [0.25, 0.3) is 11.3 Å². The number of primary amides is 1. The van der Waals surface area contributed by atoms with E-state index in [1.165, 1.54) is 25.3 Å². The first-order valence-electron chi connectivity index (χ1n) is 11.0. The topological polar surface area (TPSA) is 128 Å². The Morgan fingerprint density at radius 1 is 1.14 bits per heavy atom. The standard InChI is InChI=1S/C25H22FN7O2/c1-13-9-11-28-25(29-13)31-24(35)16-7-8-17(20(26)14(16)2)21-19(22(27)34)23-30-18-6-4-3-5-15(18)10-12-33(23)32-21/h3-9,11,30H,10,12H2,1-2H3,(H2,27,34)(H,28,29,31,35). The summed E-state index contributed by atoms with van der Waals surface area (Å²) in [4.78, 5) is 33.4. The Morgan fingerprint density at radius 3 is 2.71 bits per heavy atom. The Kier molecular flexibility index (Phi) is 5.48. The SMILES string of the molecule is Cc1ccnc(NC(=O)c2ccc(-c3nn4c(c3C(N)=O)Nc3ccccc3CC4)c(F)c2C)n1. The van der Waals surface area contributed by atoms with E-state index < -0.39 is 17.6 Å². The predicted octanol–water partition coefficient (Wildman–Crippen LogP) is 3.75. The molecule has 176 valence electrons. The number of nitrogens with two attached hydrogens (primary N) is 1. The third-order valence-electron chi connectivity index (χ3n) is 5.97. The van der Waals surface area contributed by atoms with E-state index in [0.29, 0.717) is 24.5 Å². The van der Waals surface area contributed by atoms with Gasteiger partial charge in [0.05, 0.1) is 0 Å². The smallest absolute Gasteiger partial charge is 0.258 e. The van der Waals surface area contributed by atoms with Gasteiger partial charge in [0.15, 0.2) is 0 Å². The minimum Gasteiger partial charge on any atom is -0.365 e. The van der Waals surface area contributed by atoms with Crippen molar-refractivity contribution in [3.05, 3.63) is 82.4 Å². The lowest BCUT2D eigenvalue weighted by molar-refractivity contribution is 0.0998. The molecule has 0 saturated heterocycles. The van der Waals surface area contributed by atoms with Crippen LogP contribution in [0.2, 0.25) is 0 Å². The summed E-state index contributed by atoms with van der Waals surface area (Å²) in [6.45, 7) is 3.74. The number of aromatic nitrogens is 4. The number of hydrogen-bond acceptors (Lipinski definition) is 6. The number of nitrogens with zero attached hydrogens (tertiary/aromatic N) is 4. The minimum absolute atomic E-state index is 0.0790. The molecule has 0 radical (unpaired) electrons. The maximum absolute atomic E-state index is 15.6. The maximum atomic E-state index is 15.6. The Labute approximate surface area is 200 Å². The van der Waals surface area contributed by atoms with E-state index in [1.54, 1.807) is 17.7 Å². The van der Waals surface area contributed by atoms with Crippen molar-refractivity contribution in [3.63, 3.8) is 0 Å². The molecule has 5 rings (SSSR count). The van der Waals surface area contributed by atoms with Crippen molar-refractivity contribution < 1.29 is 14.0 Å². The van der Waals surface area contributed by atoms with Crippen molar-refractivity contribution in [2.24, 2.45) is 5.73 Å². The second-order valence-electron chi connectivity index (χ2n) is 8.27. The summed E-state index contributed by atoms with van der Waals surface area (Å²) in [6, 6.07) is 12.3. The first-order chi connectivity index (χ1) is 16.8. The van der Waals surface area contributed by atoms with Gasteiger partial charge in [0.2, 0.25) is 5.95 Å². The number of benzene rings is 2. The van der Waals surface area contributed by atoms with Crippen molar-refractivity contribution in [1.82, 2.24) is 19.7 Å². The number of fused-ring (bicyclic) bond motifs is 2. The fourth-order valence-electron chi connectivity index (χ4n) is 4.18. The van der Waals surface area contributed by atoms with Crippen molar-refractivity contribution in [2.45, 2.75) is 26.8 Å². The summed E-state index contributed by atoms with van der Waals surface area (Å²) in [5, 5.41) is 10.4. The van der Waals surface area contributed by atoms with Gasteiger partial charge in [-0.25, -0.2) is 19.0 Å². The summed E-state index contributed by atoms with van der Waals surface area (Å²) in [5.41, 5.74) is 8.82. The zero-order valence-corrected chi connectivity index (χ0v) is 19.1. The second kappa shape index (κ2) is 8.64. The molecule has 0 unspecified atom stereocenters. The highest BCUT2D eigenvalue weighted by Crippen LogP contribution is 2.36. The molecule has 2 aromatic heterocycles. The first kappa shape index (κ1) is 22.2. The number of anilines is 3. The van der Waals surface area contributed by atoms with Crippen LogP contribution in [0.5, 0.6) is 0 Å². The summed E-state index contributed by atoms with van der Waals surface area (Å²) < 4.78 is 17.2. The zero-order chi connectivity index (χ0) is 24.7. The lowest BCUT2D eigenvalue weighted by Gasteiger charge is -2.11. The van der Waals surface area contributed by atoms with Gasteiger partial charge in [-0.05, 0) is 55.7 Å². The molecule has 4 aromatic rings. The average molecular weight is 471 g/mol. The van der Waals surface area contributed by atoms with Crippen LogP contribution >= 0.6 is 0 Å². The second-order valence-corrected chi connectivity index (χ2v) is 8.27. The van der Waals surface area contributed by atoms with Crippen LogP contribution in [0.3, 0.4) is 0 Å². The van der Waals surface area contributed by atoms with Crippen molar-refractivity contribution >= 4 is 29.3 Å². The van der Waals surface area contributed by atoms with Crippen LogP contribution in [-0.4, -0.2) is 31.6 Å². The number of para-hydroxylation sites is 1. The van der Waals surface area contributed by atoms with E-state index in [0.717, 1.165) is 11.3 Å². The van der Waals surface area contributed by atoms with Gasteiger partial charge in [-0.3, -0.25) is 14.9 Å². The lowest BCUT2D eigenvalue weighted by atomic mass is 9.99. The van der Waals surface area contributed by atoms with Gasteiger partial charge >= 0.3 is 0 Å². The fraction of sp³-hybridized carbons (Fsp3) is 0.160. The molecule has 35 heavy (non-hydrogen) atoms. The summed E-state index contributed by atoms with van der Waals surface area (Å²) in [5.74, 6) is -1.41. The molecular weight excluding hydrogens is 449 g/mol. The van der Waals surface area contributed by atoms with Crippen molar-refractivity contribution in [1.29, 1.82) is 0 Å². The molecule has 3 heterocycles. The first-order valence-corrected chi connectivity index (χ1v) is 11.0. The minimum atomic E-state index is -0.733. The van der Waals surface area contributed by atoms with Gasteiger partial charge in [0.25, 0.3) is 11.8 Å². The molecule has 1 aliphatic heterocycles. The van der Waals surface area contributed by atoms with E-state index >= 15 is 4.39 Å². The van der Waals surface area contributed by atoms with E-state index in [-0.39, 0.29) is 33.9 Å². The third-order valence-corrected chi connectivity index (χ3v) is 5.97. The third kappa shape index (κ3) is 3.99. The number of carbonyl (C=O) groups is 2. The molecule has 0 spiro atoms. The Hall–Kier alpha value is -4.60. The van der Waals surface area contributed by atoms with E-state index in [4.69, 9.17) is 5.73 Å². The number of amides is 2. The highest BCUT2D eigenvalue weighted by Gasteiger charge is 2.28. The Morgan fingerprint density at radius 2 is 1.94 bits per heavy atom. The maximum Gasteiger partial charge on any atom is 0.258 e. The molecule has 2 amide bonds. The molecular formula is C25H22FN7O2. The van der Waals surface area contributed by atoms with Gasteiger partial charge in [0, 0.05) is 35.2 Å². The molecule has 0 aliphatic carbocycles. The van der Waals surface area contributed by atoms with Crippen LogP contribution in [0.1, 0.15) is 37.5 Å². The predicted molar refractivity (Wildman–Crippen MR) is 129 cm³/mol. The molecule has 1 aliphatic rings. The van der Waals surface area contributed by atoms with Gasteiger partial charge in [0.1, 0.15) is 22.9 Å². The number of carbonyl (C=O) groups excluding carboxylic acids is 2. The number of hydrogen-bond donors (Lipinski definition) is 3.